The summed E-state index contributed by atoms with van der Waals surface area (Å²) in [6.07, 6.45) is 4.96. The van der Waals surface area contributed by atoms with Crippen LogP contribution in [-0.4, -0.2) is 29.1 Å². The molecule has 0 unspecified atom stereocenters. The zero-order valence-corrected chi connectivity index (χ0v) is 9.96. The summed E-state index contributed by atoms with van der Waals surface area (Å²) in [6, 6.07) is 3.99. The van der Waals surface area contributed by atoms with Gasteiger partial charge in [-0.05, 0) is 11.6 Å². The molecule has 2 N–H and O–H groups in total. The largest absolute Gasteiger partial charge is 0.477 e. The van der Waals surface area contributed by atoms with Gasteiger partial charge in [0.15, 0.2) is 12.4 Å². The van der Waals surface area contributed by atoms with Crippen molar-refractivity contribution in [2.24, 2.45) is 0 Å². The van der Waals surface area contributed by atoms with Crippen molar-refractivity contribution < 1.29 is 19.6 Å². The summed E-state index contributed by atoms with van der Waals surface area (Å²) in [6.45, 7) is -0.626. The first-order valence-electron chi connectivity index (χ1n) is 5.29. The molecule has 0 saturated heterocycles. The highest BCUT2D eigenvalue weighted by Crippen LogP contribution is 2.27. The first-order chi connectivity index (χ1) is 9.08. The number of nitrogens with one attached hydrogen (secondary N) is 1. The van der Waals surface area contributed by atoms with Crippen LogP contribution in [0.2, 0.25) is 0 Å². The Kier molecular flexibility index (Phi) is 5.32. The number of benzene rings is 1. The van der Waals surface area contributed by atoms with Crippen molar-refractivity contribution in [3.8, 4) is 18.1 Å². The molecule has 0 bridgehead atoms. The summed E-state index contributed by atoms with van der Waals surface area (Å²) >= 11 is 0. The van der Waals surface area contributed by atoms with E-state index in [1.54, 1.807) is 0 Å². The number of carbonyl (C=O) groups is 1. The highest BCUT2D eigenvalue weighted by atomic mass is 16.6. The van der Waals surface area contributed by atoms with Crippen LogP contribution in [-0.2, 0) is 11.4 Å². The Labute approximate surface area is 109 Å². The molecule has 1 rings (SSSR count). The molecule has 1 aromatic rings. The van der Waals surface area contributed by atoms with E-state index in [1.807, 2.05) is 0 Å². The highest BCUT2D eigenvalue weighted by Gasteiger charge is 2.16. The van der Waals surface area contributed by atoms with Gasteiger partial charge in [-0.1, -0.05) is 12.0 Å². The Balaban J connectivity index is 2.75. The van der Waals surface area contributed by atoms with Crippen LogP contribution in [0.5, 0.6) is 5.75 Å². The van der Waals surface area contributed by atoms with E-state index in [1.165, 1.54) is 18.2 Å². The second-order valence-corrected chi connectivity index (χ2v) is 3.49. The average Bonchev–Trinajstić information content (AvgIpc) is 2.42. The Morgan fingerprint density at radius 3 is 2.89 bits per heavy atom. The van der Waals surface area contributed by atoms with Gasteiger partial charge >= 0.3 is 5.69 Å². The van der Waals surface area contributed by atoms with Crippen LogP contribution in [0.3, 0.4) is 0 Å². The van der Waals surface area contributed by atoms with Crippen LogP contribution in [0.15, 0.2) is 18.2 Å². The average molecular weight is 264 g/mol. The maximum absolute atomic E-state index is 11.2. The number of aliphatic hydroxyl groups is 1. The molecular weight excluding hydrogens is 252 g/mol. The number of hydrogen-bond acceptors (Lipinski definition) is 5. The summed E-state index contributed by atoms with van der Waals surface area (Å²) in [7, 11) is 0. The van der Waals surface area contributed by atoms with E-state index in [9.17, 15) is 14.9 Å². The molecule has 0 aliphatic rings. The fourth-order valence-corrected chi connectivity index (χ4v) is 1.27. The third-order valence-corrected chi connectivity index (χ3v) is 2.15. The molecule has 0 saturated carbocycles. The SMILES string of the molecule is C#CCNC(=O)COc1ccc(CO)cc1[N+](=O)[O-]. The minimum atomic E-state index is -0.645. The van der Waals surface area contributed by atoms with E-state index in [4.69, 9.17) is 16.3 Å². The van der Waals surface area contributed by atoms with Gasteiger partial charge in [-0.2, -0.15) is 0 Å². The zero-order valence-electron chi connectivity index (χ0n) is 9.96. The number of nitro benzene ring substituents is 1. The van der Waals surface area contributed by atoms with Gasteiger partial charge in [-0.15, -0.1) is 6.42 Å². The third kappa shape index (κ3) is 4.29. The molecule has 0 aliphatic carbocycles. The van der Waals surface area contributed by atoms with E-state index in [0.717, 1.165) is 0 Å². The molecule has 0 fully saturated rings. The van der Waals surface area contributed by atoms with Crippen LogP contribution in [0.1, 0.15) is 5.56 Å². The quantitative estimate of drug-likeness (QED) is 0.434. The molecule has 7 nitrogen and oxygen atoms in total. The van der Waals surface area contributed by atoms with Gasteiger partial charge in [-0.3, -0.25) is 14.9 Å². The third-order valence-electron chi connectivity index (χ3n) is 2.15. The van der Waals surface area contributed by atoms with Gasteiger partial charge in [0.1, 0.15) is 0 Å². The first kappa shape index (κ1) is 14.5. The minimum absolute atomic E-state index is 0.0435. The lowest BCUT2D eigenvalue weighted by Crippen LogP contribution is -2.29. The monoisotopic (exact) mass is 264 g/mol. The zero-order chi connectivity index (χ0) is 14.3. The first-order valence-corrected chi connectivity index (χ1v) is 5.29. The van der Waals surface area contributed by atoms with Crippen LogP contribution in [0.25, 0.3) is 0 Å². The molecule has 1 aromatic carbocycles. The van der Waals surface area contributed by atoms with Crippen LogP contribution >= 0.6 is 0 Å². The molecular formula is C12H12N2O5. The topological polar surface area (TPSA) is 102 Å². The van der Waals surface area contributed by atoms with E-state index in [0.29, 0.717) is 5.56 Å². The maximum atomic E-state index is 11.2. The second kappa shape index (κ2) is 6.98. The van der Waals surface area contributed by atoms with Crippen molar-refractivity contribution in [1.82, 2.24) is 5.32 Å². The second-order valence-electron chi connectivity index (χ2n) is 3.49. The van der Waals surface area contributed by atoms with Crippen molar-refractivity contribution >= 4 is 11.6 Å². The maximum Gasteiger partial charge on any atom is 0.311 e. The minimum Gasteiger partial charge on any atom is -0.477 e. The van der Waals surface area contributed by atoms with Gasteiger partial charge in [0.2, 0.25) is 0 Å². The lowest BCUT2D eigenvalue weighted by molar-refractivity contribution is -0.385. The van der Waals surface area contributed by atoms with Crippen molar-refractivity contribution in [2.45, 2.75) is 6.61 Å². The number of ether oxygens (including phenoxy) is 1. The Morgan fingerprint density at radius 2 is 2.32 bits per heavy atom. The lowest BCUT2D eigenvalue weighted by atomic mass is 10.2. The molecule has 7 heteroatoms. The van der Waals surface area contributed by atoms with Gasteiger partial charge < -0.3 is 15.2 Å². The number of rotatable bonds is 6. The molecule has 0 aliphatic heterocycles. The predicted molar refractivity (Wildman–Crippen MR) is 66.4 cm³/mol. The number of hydrogen-bond donors (Lipinski definition) is 2. The van der Waals surface area contributed by atoms with Crippen LogP contribution in [0, 0.1) is 22.5 Å². The smallest absolute Gasteiger partial charge is 0.311 e. The Bertz CT molecular complexity index is 521. The van der Waals surface area contributed by atoms with E-state index in [2.05, 4.69) is 11.2 Å². The fourth-order valence-electron chi connectivity index (χ4n) is 1.27. The predicted octanol–water partition coefficient (Wildman–Crippen LogP) is 0.215. The number of carbonyl (C=O) groups excluding carboxylic acids is 1. The van der Waals surface area contributed by atoms with Gasteiger partial charge in [-0.25, -0.2) is 0 Å². The summed E-state index contributed by atoms with van der Waals surface area (Å²) in [5.74, 6) is 1.70. The van der Waals surface area contributed by atoms with Gasteiger partial charge in [0.25, 0.3) is 5.91 Å². The van der Waals surface area contributed by atoms with E-state index < -0.39 is 10.8 Å². The summed E-state index contributed by atoms with van der Waals surface area (Å²) < 4.78 is 5.05. The number of nitrogens with zero attached hydrogens (tertiary/aromatic N) is 1. The number of amides is 1. The summed E-state index contributed by atoms with van der Waals surface area (Å²) in [5, 5.41) is 22.1. The molecule has 0 radical (unpaired) electrons. The molecule has 0 heterocycles. The van der Waals surface area contributed by atoms with Gasteiger partial charge in [0, 0.05) is 6.07 Å². The van der Waals surface area contributed by atoms with E-state index in [-0.39, 0.29) is 31.2 Å². The summed E-state index contributed by atoms with van der Waals surface area (Å²) in [5.41, 5.74) is 0.0760. The molecule has 0 aromatic heterocycles. The van der Waals surface area contributed by atoms with Crippen LogP contribution < -0.4 is 10.1 Å². The van der Waals surface area contributed by atoms with Crippen LogP contribution in [0.4, 0.5) is 5.69 Å². The molecule has 0 spiro atoms. The molecule has 1 amide bonds. The number of aliphatic hydroxyl groups excluding tert-OH is 1. The normalized spacial score (nSPS) is 9.47. The standard InChI is InChI=1S/C12H12N2O5/c1-2-5-13-12(16)8-19-11-4-3-9(7-15)6-10(11)14(17)18/h1,3-4,6,15H,5,7-8H2,(H,13,16). The van der Waals surface area contributed by atoms with Gasteiger partial charge in [0.05, 0.1) is 18.1 Å². The Morgan fingerprint density at radius 1 is 1.58 bits per heavy atom. The van der Waals surface area contributed by atoms with E-state index >= 15 is 0 Å². The number of nitro groups is 1. The summed E-state index contributed by atoms with van der Waals surface area (Å²) in [4.78, 5) is 21.4. The van der Waals surface area contributed by atoms with Crippen molar-refractivity contribution in [3.05, 3.63) is 33.9 Å². The molecule has 0 atom stereocenters. The Hall–Kier alpha value is -2.59. The number of terminal acetylenes is 1. The van der Waals surface area contributed by atoms with Crippen molar-refractivity contribution in [3.63, 3.8) is 0 Å². The fraction of sp³-hybridized carbons (Fsp3) is 0.250. The van der Waals surface area contributed by atoms with Crippen molar-refractivity contribution in [1.29, 1.82) is 0 Å². The molecule has 19 heavy (non-hydrogen) atoms. The molecule has 100 valence electrons. The lowest BCUT2D eigenvalue weighted by Gasteiger charge is -2.07. The van der Waals surface area contributed by atoms with Crippen molar-refractivity contribution in [2.75, 3.05) is 13.2 Å². The highest BCUT2D eigenvalue weighted by molar-refractivity contribution is 5.77.